The molecule has 2 aromatic carbocycles. The molecule has 1 atom stereocenters. The van der Waals surface area contributed by atoms with Gasteiger partial charge in [0.2, 0.25) is 5.72 Å². The lowest BCUT2D eigenvalue weighted by molar-refractivity contribution is -0.159. The van der Waals surface area contributed by atoms with Crippen molar-refractivity contribution in [3.8, 4) is 0 Å². The van der Waals surface area contributed by atoms with Gasteiger partial charge in [-0.15, -0.1) is 0 Å². The van der Waals surface area contributed by atoms with E-state index in [-0.39, 0.29) is 19.4 Å². The molecule has 2 aromatic rings. The molecule has 0 fully saturated rings. The van der Waals surface area contributed by atoms with Crippen LogP contribution < -0.4 is 10.6 Å². The summed E-state index contributed by atoms with van der Waals surface area (Å²) in [5.41, 5.74) is 1.70. The SMILES string of the molecule is CNC(=O)C(O)(CCC=O)N1Cc2c(NCc3ccc(C)c(Cl)c3)cccc2C1=O. The molecule has 0 saturated carbocycles. The monoisotopic (exact) mass is 429 g/mol. The van der Waals surface area contributed by atoms with Crippen molar-refractivity contribution >= 4 is 35.4 Å². The van der Waals surface area contributed by atoms with Gasteiger partial charge in [-0.25, -0.2) is 0 Å². The molecule has 1 heterocycles. The lowest BCUT2D eigenvalue weighted by Crippen LogP contribution is -2.58. The van der Waals surface area contributed by atoms with E-state index >= 15 is 0 Å². The highest BCUT2D eigenvalue weighted by Crippen LogP contribution is 2.35. The third-order valence-corrected chi connectivity index (χ3v) is 5.74. The van der Waals surface area contributed by atoms with Crippen LogP contribution in [0, 0.1) is 6.92 Å². The number of halogens is 1. The van der Waals surface area contributed by atoms with Crippen LogP contribution in [0.3, 0.4) is 0 Å². The predicted molar refractivity (Wildman–Crippen MR) is 114 cm³/mol. The predicted octanol–water partition coefficient (Wildman–Crippen LogP) is 2.63. The van der Waals surface area contributed by atoms with Gasteiger partial charge in [0.05, 0.1) is 6.54 Å². The number of aliphatic hydroxyl groups is 1. The number of aldehydes is 1. The van der Waals surface area contributed by atoms with Gasteiger partial charge in [-0.05, 0) is 36.2 Å². The zero-order valence-corrected chi connectivity index (χ0v) is 17.6. The van der Waals surface area contributed by atoms with Gasteiger partial charge in [0.15, 0.2) is 0 Å². The molecule has 158 valence electrons. The Morgan fingerprint density at radius 1 is 1.33 bits per heavy atom. The van der Waals surface area contributed by atoms with Crippen LogP contribution in [0.4, 0.5) is 5.69 Å². The maximum Gasteiger partial charge on any atom is 0.273 e. The second-order valence-electron chi connectivity index (χ2n) is 7.26. The highest BCUT2D eigenvalue weighted by Gasteiger charge is 2.47. The molecule has 1 aliphatic rings. The molecular weight excluding hydrogens is 406 g/mol. The summed E-state index contributed by atoms with van der Waals surface area (Å²) >= 11 is 6.19. The van der Waals surface area contributed by atoms with Gasteiger partial charge in [-0.3, -0.25) is 14.5 Å². The van der Waals surface area contributed by atoms with Crippen molar-refractivity contribution in [3.63, 3.8) is 0 Å². The molecule has 7 nitrogen and oxygen atoms in total. The number of carbonyl (C=O) groups is 3. The number of nitrogens with one attached hydrogen (secondary N) is 2. The molecule has 3 N–H and O–H groups in total. The highest BCUT2D eigenvalue weighted by atomic mass is 35.5. The van der Waals surface area contributed by atoms with Crippen molar-refractivity contribution in [2.45, 2.75) is 38.6 Å². The number of rotatable bonds is 8. The van der Waals surface area contributed by atoms with Crippen LogP contribution in [-0.2, 0) is 22.7 Å². The number of aryl methyl sites for hydroxylation is 1. The van der Waals surface area contributed by atoms with Crippen LogP contribution in [0.25, 0.3) is 0 Å². The smallest absolute Gasteiger partial charge is 0.273 e. The summed E-state index contributed by atoms with van der Waals surface area (Å²) in [7, 11) is 1.38. The molecule has 0 bridgehead atoms. The van der Waals surface area contributed by atoms with Crippen LogP contribution in [0.1, 0.15) is 39.9 Å². The first kappa shape index (κ1) is 21.8. The Balaban J connectivity index is 1.86. The van der Waals surface area contributed by atoms with Crippen LogP contribution in [0.5, 0.6) is 0 Å². The molecule has 0 spiro atoms. The lowest BCUT2D eigenvalue weighted by Gasteiger charge is -2.35. The van der Waals surface area contributed by atoms with E-state index in [9.17, 15) is 19.5 Å². The highest BCUT2D eigenvalue weighted by molar-refractivity contribution is 6.31. The third-order valence-electron chi connectivity index (χ3n) is 5.34. The normalized spacial score (nSPS) is 14.8. The standard InChI is InChI=1S/C22H24ClN3O4/c1-14-7-8-15(11-18(14)23)12-25-19-6-3-5-16-17(19)13-26(20(16)28)22(30,9-4-10-27)21(29)24-2/h3,5-8,10-11,25,30H,4,9,12-13H2,1-2H3,(H,24,29). The van der Waals surface area contributed by atoms with Crippen LogP contribution in [0.15, 0.2) is 36.4 Å². The maximum atomic E-state index is 13.0. The van der Waals surface area contributed by atoms with Gasteiger partial charge in [0.25, 0.3) is 11.8 Å². The molecule has 0 radical (unpaired) electrons. The number of hydrogen-bond acceptors (Lipinski definition) is 5. The maximum absolute atomic E-state index is 13.0. The van der Waals surface area contributed by atoms with E-state index in [1.807, 2.05) is 31.2 Å². The Kier molecular flexibility index (Phi) is 6.43. The average molecular weight is 430 g/mol. The van der Waals surface area contributed by atoms with Gasteiger partial charge >= 0.3 is 0 Å². The molecule has 30 heavy (non-hydrogen) atoms. The number of fused-ring (bicyclic) bond motifs is 1. The van der Waals surface area contributed by atoms with Crippen LogP contribution >= 0.6 is 11.6 Å². The minimum Gasteiger partial charge on any atom is -0.381 e. The summed E-state index contributed by atoms with van der Waals surface area (Å²) in [5.74, 6) is -1.18. The van der Waals surface area contributed by atoms with E-state index in [1.54, 1.807) is 12.1 Å². The Labute approximate surface area is 180 Å². The molecule has 0 saturated heterocycles. The van der Waals surface area contributed by atoms with Crippen molar-refractivity contribution in [2.75, 3.05) is 12.4 Å². The Morgan fingerprint density at radius 3 is 2.77 bits per heavy atom. The number of likely N-dealkylation sites (N-methyl/N-ethyl adjacent to an activating group) is 1. The average Bonchev–Trinajstić information content (AvgIpc) is 3.10. The van der Waals surface area contributed by atoms with E-state index in [4.69, 9.17) is 11.6 Å². The molecule has 8 heteroatoms. The van der Waals surface area contributed by atoms with Gasteiger partial charge in [0.1, 0.15) is 6.29 Å². The summed E-state index contributed by atoms with van der Waals surface area (Å²) in [4.78, 5) is 37.3. The first-order valence-electron chi connectivity index (χ1n) is 9.62. The topological polar surface area (TPSA) is 98.7 Å². The number of benzene rings is 2. The Hall–Kier alpha value is -2.90. The van der Waals surface area contributed by atoms with E-state index in [2.05, 4.69) is 10.6 Å². The zero-order valence-electron chi connectivity index (χ0n) is 16.9. The van der Waals surface area contributed by atoms with Crippen LogP contribution in [-0.4, -0.2) is 40.9 Å². The van der Waals surface area contributed by atoms with Gasteiger partial charge in [-0.2, -0.15) is 0 Å². The van der Waals surface area contributed by atoms with Crippen molar-refractivity contribution in [2.24, 2.45) is 0 Å². The fourth-order valence-corrected chi connectivity index (χ4v) is 3.78. The first-order valence-corrected chi connectivity index (χ1v) is 10.0. The fraction of sp³-hybridized carbons (Fsp3) is 0.318. The van der Waals surface area contributed by atoms with E-state index in [0.29, 0.717) is 29.0 Å². The summed E-state index contributed by atoms with van der Waals surface area (Å²) in [6, 6.07) is 11.0. The van der Waals surface area contributed by atoms with Gasteiger partial charge in [0, 0.05) is 48.3 Å². The summed E-state index contributed by atoms with van der Waals surface area (Å²) in [6.07, 6.45) is 0.380. The number of amides is 2. The molecule has 2 amide bonds. The van der Waals surface area contributed by atoms with E-state index < -0.39 is 17.5 Å². The molecule has 1 aliphatic heterocycles. The zero-order chi connectivity index (χ0) is 21.9. The minimum absolute atomic E-state index is 0.0504. The van der Waals surface area contributed by atoms with E-state index in [0.717, 1.165) is 21.7 Å². The minimum atomic E-state index is -2.10. The van der Waals surface area contributed by atoms with Crippen molar-refractivity contribution in [1.29, 1.82) is 0 Å². The van der Waals surface area contributed by atoms with Gasteiger partial charge < -0.3 is 20.5 Å². The van der Waals surface area contributed by atoms with Crippen molar-refractivity contribution in [1.82, 2.24) is 10.2 Å². The molecular formula is C22H24ClN3O4. The summed E-state index contributed by atoms with van der Waals surface area (Å²) in [5, 5.41) is 17.4. The Bertz CT molecular complexity index is 994. The third kappa shape index (κ3) is 4.04. The van der Waals surface area contributed by atoms with Gasteiger partial charge in [-0.1, -0.05) is 29.8 Å². The second-order valence-corrected chi connectivity index (χ2v) is 7.67. The number of anilines is 1. The van der Waals surface area contributed by atoms with E-state index in [1.165, 1.54) is 7.05 Å². The molecule has 0 aliphatic carbocycles. The number of hydrogen-bond donors (Lipinski definition) is 3. The van der Waals surface area contributed by atoms with Crippen LogP contribution in [0.2, 0.25) is 5.02 Å². The van der Waals surface area contributed by atoms with Crippen molar-refractivity contribution in [3.05, 3.63) is 63.7 Å². The Morgan fingerprint density at radius 2 is 2.10 bits per heavy atom. The number of carbonyl (C=O) groups excluding carboxylic acids is 3. The first-order chi connectivity index (χ1) is 14.3. The molecule has 3 rings (SSSR count). The van der Waals surface area contributed by atoms with Crippen molar-refractivity contribution < 1.29 is 19.5 Å². The molecule has 0 aromatic heterocycles. The lowest BCUT2D eigenvalue weighted by atomic mass is 10.0. The summed E-state index contributed by atoms with van der Waals surface area (Å²) < 4.78 is 0. The molecule has 1 unspecified atom stereocenters. The number of nitrogens with zero attached hydrogens (tertiary/aromatic N) is 1. The fourth-order valence-electron chi connectivity index (χ4n) is 3.57. The quantitative estimate of drug-likeness (QED) is 0.560. The summed E-state index contributed by atoms with van der Waals surface area (Å²) in [6.45, 7) is 2.48. The largest absolute Gasteiger partial charge is 0.381 e. The second kappa shape index (κ2) is 8.85.